The number of methoxy groups -OCH3 is 1. The summed E-state index contributed by atoms with van der Waals surface area (Å²) in [5.74, 6) is 0.102. The zero-order chi connectivity index (χ0) is 21.3. The van der Waals surface area contributed by atoms with E-state index in [1.54, 1.807) is 10.4 Å². The molecule has 3 rings (SSSR count). The second-order valence-corrected chi connectivity index (χ2v) is 9.39. The Bertz CT molecular complexity index is 992. The van der Waals surface area contributed by atoms with Gasteiger partial charge in [-0.2, -0.15) is 4.31 Å². The van der Waals surface area contributed by atoms with Crippen LogP contribution in [0.25, 0.3) is 0 Å². The van der Waals surface area contributed by atoms with Crippen LogP contribution in [0.15, 0.2) is 27.7 Å². The average Bonchev–Trinajstić information content (AvgIpc) is 3.14. The van der Waals surface area contributed by atoms with Crippen molar-refractivity contribution in [3.05, 3.63) is 52.0 Å². The third kappa shape index (κ3) is 4.10. The molecule has 1 fully saturated rings. The van der Waals surface area contributed by atoms with Gasteiger partial charge in [-0.3, -0.25) is 4.90 Å². The highest BCUT2D eigenvalue weighted by atomic mass is 32.2. The number of benzene rings is 1. The zero-order valence-electron chi connectivity index (χ0n) is 17.6. The van der Waals surface area contributed by atoms with E-state index in [-0.39, 0.29) is 0 Å². The number of rotatable bonds is 5. The summed E-state index contributed by atoms with van der Waals surface area (Å²) in [6.07, 6.45) is 1.47. The predicted molar refractivity (Wildman–Crippen MR) is 109 cm³/mol. The SMILES string of the molecule is COC(=O)c1ccoc1CN1CCN(S(=O)(=O)c2c(C)c(C)cc(C)c2C)CC1. The standard InChI is InChI=1S/C21H28N2O5S/c1-14-12-15(2)17(4)20(16(14)3)29(25,26)23-9-7-22(8-10-23)13-19-18(6-11-28-19)21(24)27-5/h6,11-12H,7-10,13H2,1-5H3. The molecule has 8 heteroatoms. The van der Waals surface area contributed by atoms with E-state index in [2.05, 4.69) is 4.90 Å². The van der Waals surface area contributed by atoms with Crippen molar-refractivity contribution in [2.75, 3.05) is 33.3 Å². The Kier molecular flexibility index (Phi) is 6.16. The highest BCUT2D eigenvalue weighted by molar-refractivity contribution is 7.89. The van der Waals surface area contributed by atoms with Crippen LogP contribution in [-0.2, 0) is 21.3 Å². The average molecular weight is 421 g/mol. The molecule has 0 radical (unpaired) electrons. The molecular formula is C21H28N2O5S. The minimum absolute atomic E-state index is 0.391. The summed E-state index contributed by atoms with van der Waals surface area (Å²) in [7, 11) is -2.24. The molecule has 0 bridgehead atoms. The number of carbonyl (C=O) groups excluding carboxylic acids is 1. The van der Waals surface area contributed by atoms with Gasteiger partial charge in [0.1, 0.15) is 11.3 Å². The number of piperazine rings is 1. The summed E-state index contributed by atoms with van der Waals surface area (Å²) in [6, 6.07) is 3.62. The van der Waals surface area contributed by atoms with Crippen LogP contribution in [0.2, 0.25) is 0 Å². The number of sulfonamides is 1. The smallest absolute Gasteiger partial charge is 0.341 e. The Morgan fingerprint density at radius 2 is 1.66 bits per heavy atom. The largest absolute Gasteiger partial charge is 0.467 e. The number of carbonyl (C=O) groups is 1. The fraction of sp³-hybridized carbons (Fsp3) is 0.476. The fourth-order valence-electron chi connectivity index (χ4n) is 3.78. The molecule has 0 amide bonds. The normalized spacial score (nSPS) is 16.2. The van der Waals surface area contributed by atoms with E-state index in [9.17, 15) is 13.2 Å². The monoisotopic (exact) mass is 420 g/mol. The molecule has 1 saturated heterocycles. The van der Waals surface area contributed by atoms with Crippen LogP contribution in [0.5, 0.6) is 0 Å². The number of aryl methyl sites for hydroxylation is 2. The third-order valence-corrected chi connectivity index (χ3v) is 7.92. The van der Waals surface area contributed by atoms with E-state index < -0.39 is 16.0 Å². The number of hydrogen-bond acceptors (Lipinski definition) is 6. The van der Waals surface area contributed by atoms with E-state index >= 15 is 0 Å². The number of esters is 1. The second-order valence-electron chi connectivity index (χ2n) is 7.52. The van der Waals surface area contributed by atoms with Gasteiger partial charge in [-0.1, -0.05) is 6.07 Å². The van der Waals surface area contributed by atoms with Crippen molar-refractivity contribution in [3.8, 4) is 0 Å². The first-order valence-electron chi connectivity index (χ1n) is 9.61. The molecule has 0 atom stereocenters. The van der Waals surface area contributed by atoms with Crippen molar-refractivity contribution in [1.82, 2.24) is 9.21 Å². The molecule has 1 aliphatic heterocycles. The maximum Gasteiger partial charge on any atom is 0.341 e. The van der Waals surface area contributed by atoms with Crippen molar-refractivity contribution in [2.24, 2.45) is 0 Å². The first-order valence-corrected chi connectivity index (χ1v) is 11.1. The molecule has 158 valence electrons. The molecule has 0 N–H and O–H groups in total. The lowest BCUT2D eigenvalue weighted by molar-refractivity contribution is 0.0595. The molecule has 1 aromatic heterocycles. The minimum atomic E-state index is -3.57. The fourth-order valence-corrected chi connectivity index (χ4v) is 5.78. The molecule has 0 spiro atoms. The Hall–Kier alpha value is -2.16. The topological polar surface area (TPSA) is 80.1 Å². The summed E-state index contributed by atoms with van der Waals surface area (Å²) in [4.78, 5) is 14.3. The molecular weight excluding hydrogens is 392 g/mol. The summed E-state index contributed by atoms with van der Waals surface area (Å²) < 4.78 is 38.5. The van der Waals surface area contributed by atoms with Crippen LogP contribution in [0.4, 0.5) is 0 Å². The number of ether oxygens (including phenoxy) is 1. The van der Waals surface area contributed by atoms with Crippen molar-refractivity contribution >= 4 is 16.0 Å². The zero-order valence-corrected chi connectivity index (χ0v) is 18.4. The number of nitrogens with zero attached hydrogens (tertiary/aromatic N) is 2. The highest BCUT2D eigenvalue weighted by Gasteiger charge is 2.32. The van der Waals surface area contributed by atoms with Gasteiger partial charge >= 0.3 is 5.97 Å². The summed E-state index contributed by atoms with van der Waals surface area (Å²) in [6.45, 7) is 9.97. The van der Waals surface area contributed by atoms with E-state index in [0.29, 0.717) is 48.9 Å². The molecule has 0 saturated carbocycles. The summed E-state index contributed by atoms with van der Waals surface area (Å²) in [5, 5.41) is 0. The van der Waals surface area contributed by atoms with Gasteiger partial charge in [-0.15, -0.1) is 0 Å². The number of hydrogen-bond donors (Lipinski definition) is 0. The molecule has 1 aliphatic rings. The van der Waals surface area contributed by atoms with Crippen LogP contribution in [0.1, 0.15) is 38.4 Å². The van der Waals surface area contributed by atoms with Crippen LogP contribution in [-0.4, -0.2) is 56.9 Å². The van der Waals surface area contributed by atoms with Gasteiger partial charge in [0.05, 0.1) is 24.8 Å². The van der Waals surface area contributed by atoms with Crippen molar-refractivity contribution in [3.63, 3.8) is 0 Å². The second kappa shape index (κ2) is 8.30. The van der Waals surface area contributed by atoms with Gasteiger partial charge in [0.2, 0.25) is 10.0 Å². The van der Waals surface area contributed by atoms with Gasteiger partial charge in [-0.25, -0.2) is 13.2 Å². The van der Waals surface area contributed by atoms with Gasteiger partial charge in [0.25, 0.3) is 0 Å². The number of furan rings is 1. The third-order valence-electron chi connectivity index (χ3n) is 5.74. The predicted octanol–water partition coefficient (Wildman–Crippen LogP) is 2.81. The van der Waals surface area contributed by atoms with Gasteiger partial charge in [0, 0.05) is 26.2 Å². The Morgan fingerprint density at radius 1 is 1.07 bits per heavy atom. The maximum atomic E-state index is 13.4. The van der Waals surface area contributed by atoms with Gasteiger partial charge < -0.3 is 9.15 Å². The van der Waals surface area contributed by atoms with Crippen molar-refractivity contribution < 1.29 is 22.4 Å². The summed E-state index contributed by atoms with van der Waals surface area (Å²) in [5.41, 5.74) is 4.00. The van der Waals surface area contributed by atoms with Gasteiger partial charge in [0.15, 0.2) is 0 Å². The lowest BCUT2D eigenvalue weighted by atomic mass is 10.0. The van der Waals surface area contributed by atoms with Crippen LogP contribution >= 0.6 is 0 Å². The highest BCUT2D eigenvalue weighted by Crippen LogP contribution is 2.29. The quantitative estimate of drug-likeness (QED) is 0.692. The van der Waals surface area contributed by atoms with Crippen molar-refractivity contribution in [2.45, 2.75) is 39.1 Å². The van der Waals surface area contributed by atoms with Crippen LogP contribution < -0.4 is 0 Å². The maximum absolute atomic E-state index is 13.4. The van der Waals surface area contributed by atoms with E-state index in [1.807, 2.05) is 33.8 Å². The molecule has 0 unspecified atom stereocenters. The van der Waals surface area contributed by atoms with E-state index in [4.69, 9.17) is 9.15 Å². The van der Waals surface area contributed by atoms with Crippen LogP contribution in [0, 0.1) is 27.7 Å². The molecule has 2 heterocycles. The van der Waals surface area contributed by atoms with E-state index in [1.165, 1.54) is 13.4 Å². The summed E-state index contributed by atoms with van der Waals surface area (Å²) >= 11 is 0. The molecule has 29 heavy (non-hydrogen) atoms. The Balaban J connectivity index is 1.75. The lowest BCUT2D eigenvalue weighted by Gasteiger charge is -2.34. The first-order chi connectivity index (χ1) is 13.7. The Labute approximate surface area is 172 Å². The van der Waals surface area contributed by atoms with E-state index in [0.717, 1.165) is 22.3 Å². The molecule has 2 aromatic rings. The Morgan fingerprint density at radius 3 is 2.21 bits per heavy atom. The first kappa shape index (κ1) is 21.5. The minimum Gasteiger partial charge on any atom is -0.467 e. The van der Waals surface area contributed by atoms with Crippen molar-refractivity contribution in [1.29, 1.82) is 0 Å². The lowest BCUT2D eigenvalue weighted by Crippen LogP contribution is -2.48. The molecule has 7 nitrogen and oxygen atoms in total. The van der Waals surface area contributed by atoms with Crippen LogP contribution in [0.3, 0.4) is 0 Å². The molecule has 0 aliphatic carbocycles. The molecule has 1 aromatic carbocycles. The van der Waals surface area contributed by atoms with Gasteiger partial charge in [-0.05, 0) is 56.0 Å².